The molecule has 0 saturated carbocycles. The molecule has 16 rings (SSSR count). The molecule has 0 bridgehead atoms. The van der Waals surface area contributed by atoms with E-state index < -0.39 is 8.07 Å². The highest BCUT2D eigenvalue weighted by Crippen LogP contribution is 2.50. The van der Waals surface area contributed by atoms with Crippen LogP contribution in [0, 0.1) is 6.92 Å². The zero-order valence-electron chi connectivity index (χ0n) is 45.4. The molecule has 0 atom stereocenters. The average Bonchev–Trinajstić information content (AvgIpc) is 1.12. The van der Waals surface area contributed by atoms with Crippen LogP contribution in [-0.4, -0.2) is 33.4 Å². The third kappa shape index (κ3) is 7.07. The standard InChI is InChI=1S/C72H52B2N2O4Si/c1-43-33-51-53-34-46(71(77)79-41-44-21-9-5-10-22-44)36-62-69(53)74(57-30-18-20-32-61(57)75(62)48-25-13-7-14-26-48)59-39-55-64(81(2,3)4)40-52-54-35-47(72(78)80-42-45-23-11-6-12-24-45)37-63-70(54)73(58-38-50(43)67(65(51)59)68(55)66(52)58)56-29-17-19-31-60(56)76(63)49-27-15-8-16-28-49/h5-40H,41-42H2,1-4H3. The smallest absolute Gasteiger partial charge is 0.338 e. The summed E-state index contributed by atoms with van der Waals surface area (Å²) in [6.07, 6.45) is 0. The Kier molecular flexibility index (Phi) is 10.4. The van der Waals surface area contributed by atoms with E-state index in [1.807, 2.05) is 60.7 Å². The van der Waals surface area contributed by atoms with E-state index in [1.165, 1.54) is 75.8 Å². The van der Waals surface area contributed by atoms with Crippen LogP contribution in [0.15, 0.2) is 218 Å². The Bertz CT molecular complexity index is 4640. The summed E-state index contributed by atoms with van der Waals surface area (Å²) in [6, 6.07) is 77.1. The van der Waals surface area contributed by atoms with E-state index in [0.29, 0.717) is 11.1 Å². The van der Waals surface area contributed by atoms with Gasteiger partial charge in [0, 0.05) is 34.1 Å². The Hall–Kier alpha value is -9.43. The third-order valence-electron chi connectivity index (χ3n) is 17.7. The fraction of sp³-hybridized carbons (Fsp3) is 0.0833. The summed E-state index contributed by atoms with van der Waals surface area (Å²) in [6.45, 7) is 9.74. The molecular formula is C72H52B2N2O4Si. The summed E-state index contributed by atoms with van der Waals surface area (Å²) in [5.41, 5.74) is 22.0. The maximum absolute atomic E-state index is 14.8. The zero-order valence-corrected chi connectivity index (χ0v) is 46.4. The Morgan fingerprint density at radius 2 is 0.815 bits per heavy atom. The molecule has 0 radical (unpaired) electrons. The largest absolute Gasteiger partial charge is 0.457 e. The quantitative estimate of drug-likeness (QED) is 0.0816. The van der Waals surface area contributed by atoms with Crippen LogP contribution in [0.25, 0.3) is 54.6 Å². The van der Waals surface area contributed by atoms with Gasteiger partial charge in [0.1, 0.15) is 13.2 Å². The number of hydrogen-bond donors (Lipinski definition) is 0. The molecule has 0 spiro atoms. The van der Waals surface area contributed by atoms with Crippen LogP contribution in [0.2, 0.25) is 19.6 Å². The number of aryl methyl sites for hydroxylation is 1. The lowest BCUT2D eigenvalue weighted by Crippen LogP contribution is -2.60. The van der Waals surface area contributed by atoms with Gasteiger partial charge in [-0.15, -0.1) is 0 Å². The first-order valence-electron chi connectivity index (χ1n) is 28.1. The van der Waals surface area contributed by atoms with E-state index in [0.717, 1.165) is 67.5 Å². The summed E-state index contributed by atoms with van der Waals surface area (Å²) in [7, 11) is -2.21. The molecule has 384 valence electrons. The van der Waals surface area contributed by atoms with Crippen molar-refractivity contribution in [3.8, 4) is 22.3 Å². The van der Waals surface area contributed by atoms with Crippen LogP contribution in [0.5, 0.6) is 0 Å². The van der Waals surface area contributed by atoms with Crippen LogP contribution in [0.4, 0.5) is 34.1 Å². The monoisotopic (exact) mass is 1060 g/mol. The van der Waals surface area contributed by atoms with Crippen LogP contribution in [-0.2, 0) is 22.7 Å². The molecule has 0 amide bonds. The molecule has 0 aliphatic carbocycles. The Morgan fingerprint density at radius 3 is 1.28 bits per heavy atom. The molecule has 6 nitrogen and oxygen atoms in total. The summed E-state index contributed by atoms with van der Waals surface area (Å²) in [4.78, 5) is 34.2. The Morgan fingerprint density at radius 1 is 0.407 bits per heavy atom. The van der Waals surface area contributed by atoms with Gasteiger partial charge in [0.2, 0.25) is 13.4 Å². The number of esters is 2. The average molecular weight is 1060 g/mol. The molecule has 81 heavy (non-hydrogen) atoms. The lowest BCUT2D eigenvalue weighted by Gasteiger charge is -2.42. The van der Waals surface area contributed by atoms with Gasteiger partial charge in [0.05, 0.1) is 19.2 Å². The molecule has 9 heteroatoms. The van der Waals surface area contributed by atoms with Crippen molar-refractivity contribution in [1.82, 2.24) is 0 Å². The normalized spacial score (nSPS) is 13.3. The topological polar surface area (TPSA) is 59.1 Å². The van der Waals surface area contributed by atoms with Gasteiger partial charge in [-0.2, -0.15) is 0 Å². The molecule has 12 aromatic rings. The number of carbonyl (C=O) groups excluding carboxylic acids is 2. The van der Waals surface area contributed by atoms with Gasteiger partial charge in [0.15, 0.2) is 0 Å². The van der Waals surface area contributed by atoms with Gasteiger partial charge in [-0.3, -0.25) is 0 Å². The fourth-order valence-corrected chi connectivity index (χ4v) is 15.9. The number of fused-ring (bicyclic) bond motifs is 8. The molecule has 12 aromatic carbocycles. The van der Waals surface area contributed by atoms with Crippen molar-refractivity contribution in [1.29, 1.82) is 0 Å². The summed E-state index contributed by atoms with van der Waals surface area (Å²) in [5.74, 6) is -0.722. The molecule has 0 aromatic heterocycles. The predicted octanol–water partition coefficient (Wildman–Crippen LogP) is 12.7. The first kappa shape index (κ1) is 47.6. The van der Waals surface area contributed by atoms with Crippen LogP contribution >= 0.6 is 0 Å². The van der Waals surface area contributed by atoms with Gasteiger partial charge < -0.3 is 19.3 Å². The molecule has 4 aliphatic rings. The highest BCUT2D eigenvalue weighted by molar-refractivity contribution is 7.03. The molecule has 4 heterocycles. The number of rotatable bonds is 9. The minimum atomic E-state index is -2.21. The van der Waals surface area contributed by atoms with Gasteiger partial charge in [-0.1, -0.05) is 193 Å². The van der Waals surface area contributed by atoms with Gasteiger partial charge in [-0.05, 0) is 161 Å². The first-order valence-corrected chi connectivity index (χ1v) is 31.6. The highest BCUT2D eigenvalue weighted by Gasteiger charge is 2.46. The molecule has 4 aliphatic heterocycles. The van der Waals surface area contributed by atoms with Crippen LogP contribution in [0.3, 0.4) is 0 Å². The van der Waals surface area contributed by atoms with Gasteiger partial charge in [-0.25, -0.2) is 9.59 Å². The zero-order chi connectivity index (χ0) is 54.4. The number of carbonyl (C=O) groups is 2. The van der Waals surface area contributed by atoms with Gasteiger partial charge in [0.25, 0.3) is 0 Å². The van der Waals surface area contributed by atoms with Crippen molar-refractivity contribution in [3.63, 3.8) is 0 Å². The van der Waals surface area contributed by atoms with Crippen molar-refractivity contribution in [2.75, 3.05) is 9.80 Å². The summed E-state index contributed by atoms with van der Waals surface area (Å²) in [5, 5.41) is 8.87. The number of anilines is 6. The van der Waals surface area contributed by atoms with Crippen molar-refractivity contribution >= 4 is 138 Å². The SMILES string of the molecule is Cc1cc2c3c(cc4c([Si](C)(C)C)cc5c6c(cc1c3c46)B1c3ccccc3N(c3ccccc3)c3cc(C(=O)OCc4ccccc4)cc-5c31)B1c3ccccc3N(c3ccccc3)c3cc(C(=O)OCc4ccccc4)cc-2c31. The summed E-state index contributed by atoms with van der Waals surface area (Å²) >= 11 is 0. The van der Waals surface area contributed by atoms with Crippen molar-refractivity contribution < 1.29 is 19.1 Å². The minimum Gasteiger partial charge on any atom is -0.457 e. The van der Waals surface area contributed by atoms with Gasteiger partial charge >= 0.3 is 11.9 Å². The third-order valence-corrected chi connectivity index (χ3v) is 19.7. The van der Waals surface area contributed by atoms with E-state index in [2.05, 4.69) is 194 Å². The minimum absolute atomic E-state index is 0.147. The van der Waals surface area contributed by atoms with E-state index >= 15 is 0 Å². The van der Waals surface area contributed by atoms with Crippen molar-refractivity contribution in [2.24, 2.45) is 0 Å². The number of para-hydroxylation sites is 4. The molecular weight excluding hydrogens is 1010 g/mol. The number of hydrogen-bond acceptors (Lipinski definition) is 6. The van der Waals surface area contributed by atoms with E-state index in [1.54, 1.807) is 0 Å². The Labute approximate surface area is 472 Å². The van der Waals surface area contributed by atoms with Crippen LogP contribution < -0.4 is 47.8 Å². The highest BCUT2D eigenvalue weighted by atomic mass is 28.3. The van der Waals surface area contributed by atoms with Crippen molar-refractivity contribution in [3.05, 3.63) is 246 Å². The van der Waals surface area contributed by atoms with E-state index in [-0.39, 0.29) is 38.6 Å². The second-order valence-corrected chi connectivity index (χ2v) is 28.4. The van der Waals surface area contributed by atoms with E-state index in [9.17, 15) is 9.59 Å². The molecule has 0 fully saturated rings. The molecule has 0 N–H and O–H groups in total. The van der Waals surface area contributed by atoms with Crippen LogP contribution in [0.1, 0.15) is 37.4 Å². The van der Waals surface area contributed by atoms with E-state index in [4.69, 9.17) is 9.47 Å². The maximum Gasteiger partial charge on any atom is 0.338 e. The second-order valence-electron chi connectivity index (χ2n) is 23.4. The molecule has 0 saturated heterocycles. The number of ether oxygens (including phenoxy) is 2. The number of nitrogens with zero attached hydrogens (tertiary/aromatic N) is 2. The second kappa shape index (κ2) is 17.8. The fourth-order valence-electron chi connectivity index (χ4n) is 14.3. The number of benzene rings is 12. The van der Waals surface area contributed by atoms with Crippen molar-refractivity contribution in [2.45, 2.75) is 39.8 Å². The summed E-state index contributed by atoms with van der Waals surface area (Å²) < 4.78 is 12.4. The Balaban J connectivity index is 1.01. The predicted molar refractivity (Wildman–Crippen MR) is 339 cm³/mol. The first-order chi connectivity index (χ1) is 39.6. The molecule has 0 unspecified atom stereocenters. The lowest BCUT2D eigenvalue weighted by atomic mass is 9.31. The maximum atomic E-state index is 14.8. The lowest BCUT2D eigenvalue weighted by molar-refractivity contribution is 0.0464.